The van der Waals surface area contributed by atoms with Gasteiger partial charge in [-0.05, 0) is 54.6 Å². The number of furan rings is 1. The summed E-state index contributed by atoms with van der Waals surface area (Å²) in [6.07, 6.45) is 1.45. The van der Waals surface area contributed by atoms with Gasteiger partial charge in [0.05, 0.1) is 17.7 Å². The molecule has 0 aliphatic heterocycles. The van der Waals surface area contributed by atoms with E-state index in [1.165, 1.54) is 24.5 Å². The number of carbonyl (C=O) groups is 2. The predicted octanol–water partition coefficient (Wildman–Crippen LogP) is 4.01. The summed E-state index contributed by atoms with van der Waals surface area (Å²) in [4.78, 5) is 24.3. The van der Waals surface area contributed by atoms with Crippen molar-refractivity contribution in [1.82, 2.24) is 4.72 Å². The lowest BCUT2D eigenvalue weighted by Crippen LogP contribution is -2.23. The van der Waals surface area contributed by atoms with E-state index >= 15 is 0 Å². The van der Waals surface area contributed by atoms with Crippen molar-refractivity contribution in [3.05, 3.63) is 83.3 Å². The summed E-state index contributed by atoms with van der Waals surface area (Å²) in [6, 6.07) is 15.6. The molecule has 30 heavy (non-hydrogen) atoms. The van der Waals surface area contributed by atoms with Gasteiger partial charge in [-0.25, -0.2) is 13.1 Å². The highest BCUT2D eigenvalue weighted by molar-refractivity contribution is 7.89. The fraction of sp³-hybridized carbons (Fsp3) is 0.143. The molecule has 0 aliphatic carbocycles. The summed E-state index contributed by atoms with van der Waals surface area (Å²) in [7, 11) is -3.79. The van der Waals surface area contributed by atoms with Crippen LogP contribution in [0.3, 0.4) is 0 Å². The van der Waals surface area contributed by atoms with E-state index in [4.69, 9.17) is 16.0 Å². The van der Waals surface area contributed by atoms with Crippen LogP contribution in [0.1, 0.15) is 29.0 Å². The van der Waals surface area contributed by atoms with E-state index in [1.54, 1.807) is 42.5 Å². The van der Waals surface area contributed by atoms with Gasteiger partial charge in [-0.3, -0.25) is 9.59 Å². The Labute approximate surface area is 179 Å². The summed E-state index contributed by atoms with van der Waals surface area (Å²) in [6.45, 7) is 0.0126. The molecule has 156 valence electrons. The van der Waals surface area contributed by atoms with Crippen molar-refractivity contribution in [2.24, 2.45) is 0 Å². The number of amides is 1. The Bertz CT molecular complexity index is 1130. The second-order valence-corrected chi connectivity index (χ2v) is 8.61. The van der Waals surface area contributed by atoms with Crippen LogP contribution >= 0.6 is 11.6 Å². The van der Waals surface area contributed by atoms with E-state index in [0.29, 0.717) is 22.0 Å². The number of hydrogen-bond acceptors (Lipinski definition) is 5. The van der Waals surface area contributed by atoms with Crippen LogP contribution in [0.5, 0.6) is 0 Å². The Kier molecular flexibility index (Phi) is 7.04. The summed E-state index contributed by atoms with van der Waals surface area (Å²) in [5.41, 5.74) is 0.794. The number of sulfonamides is 1. The molecule has 3 aromatic rings. The van der Waals surface area contributed by atoms with Crippen LogP contribution in [0, 0.1) is 0 Å². The Morgan fingerprint density at radius 2 is 1.73 bits per heavy atom. The number of nitrogens with one attached hydrogen (secondary N) is 2. The van der Waals surface area contributed by atoms with Gasteiger partial charge in [0, 0.05) is 29.1 Å². The monoisotopic (exact) mass is 446 g/mol. The standard InChI is InChI=1S/C21H19ClN2O5S/c22-16-8-6-15(7-9-16)20(25)10-11-21(26)24-17-3-1-5-19(13-17)30(27,28)23-14-18-4-2-12-29-18/h1-9,12-13,23H,10-11,14H2,(H,24,26). The molecule has 1 amide bonds. The first-order valence-electron chi connectivity index (χ1n) is 9.04. The highest BCUT2D eigenvalue weighted by Crippen LogP contribution is 2.17. The van der Waals surface area contributed by atoms with E-state index in [2.05, 4.69) is 10.0 Å². The number of carbonyl (C=O) groups excluding carboxylic acids is 2. The molecular formula is C21H19ClN2O5S. The SMILES string of the molecule is O=C(CCC(=O)c1ccc(Cl)cc1)Nc1cccc(S(=O)(=O)NCc2ccco2)c1. The van der Waals surface area contributed by atoms with Crippen LogP contribution in [0.25, 0.3) is 0 Å². The summed E-state index contributed by atoms with van der Waals surface area (Å²) < 4.78 is 32.4. The number of ketones is 1. The zero-order chi connectivity index (χ0) is 21.6. The van der Waals surface area contributed by atoms with Gasteiger partial charge >= 0.3 is 0 Å². The van der Waals surface area contributed by atoms with E-state index in [-0.39, 0.29) is 30.1 Å². The molecule has 2 N–H and O–H groups in total. The first kappa shape index (κ1) is 21.8. The number of benzene rings is 2. The maximum absolute atomic E-state index is 12.4. The van der Waals surface area contributed by atoms with E-state index in [9.17, 15) is 18.0 Å². The summed E-state index contributed by atoms with van der Waals surface area (Å²) >= 11 is 5.80. The van der Waals surface area contributed by atoms with E-state index < -0.39 is 15.9 Å². The Morgan fingerprint density at radius 1 is 0.967 bits per heavy atom. The van der Waals surface area contributed by atoms with Gasteiger partial charge in [0.15, 0.2) is 5.78 Å². The van der Waals surface area contributed by atoms with Gasteiger partial charge in [0.2, 0.25) is 15.9 Å². The quantitative estimate of drug-likeness (QED) is 0.483. The third-order valence-corrected chi connectivity index (χ3v) is 5.84. The van der Waals surface area contributed by atoms with E-state index in [0.717, 1.165) is 0 Å². The predicted molar refractivity (Wildman–Crippen MR) is 113 cm³/mol. The summed E-state index contributed by atoms with van der Waals surface area (Å²) in [5, 5.41) is 3.14. The van der Waals surface area contributed by atoms with Crippen LogP contribution in [-0.2, 0) is 21.4 Å². The van der Waals surface area contributed by atoms with Gasteiger partial charge in [-0.15, -0.1) is 0 Å². The Morgan fingerprint density at radius 3 is 2.43 bits per heavy atom. The largest absolute Gasteiger partial charge is 0.468 e. The smallest absolute Gasteiger partial charge is 0.241 e. The lowest BCUT2D eigenvalue weighted by Gasteiger charge is -2.09. The summed E-state index contributed by atoms with van der Waals surface area (Å²) in [5.74, 6) is -0.0935. The zero-order valence-corrected chi connectivity index (χ0v) is 17.4. The zero-order valence-electron chi connectivity index (χ0n) is 15.8. The fourth-order valence-corrected chi connectivity index (χ4v) is 3.80. The second-order valence-electron chi connectivity index (χ2n) is 6.41. The third kappa shape index (κ3) is 6.03. The molecular weight excluding hydrogens is 428 g/mol. The minimum Gasteiger partial charge on any atom is -0.468 e. The first-order valence-corrected chi connectivity index (χ1v) is 10.9. The lowest BCUT2D eigenvalue weighted by molar-refractivity contribution is -0.116. The van der Waals surface area contributed by atoms with Crippen LogP contribution in [0.4, 0.5) is 5.69 Å². The van der Waals surface area contributed by atoms with Gasteiger partial charge in [-0.1, -0.05) is 17.7 Å². The number of halogens is 1. The van der Waals surface area contributed by atoms with Crippen molar-refractivity contribution >= 4 is 39.0 Å². The van der Waals surface area contributed by atoms with Crippen molar-refractivity contribution in [3.63, 3.8) is 0 Å². The first-order chi connectivity index (χ1) is 14.3. The van der Waals surface area contributed by atoms with Crippen molar-refractivity contribution in [1.29, 1.82) is 0 Å². The second kappa shape index (κ2) is 9.71. The maximum atomic E-state index is 12.4. The molecule has 2 aromatic carbocycles. The molecule has 0 saturated carbocycles. The molecule has 0 aliphatic rings. The van der Waals surface area contributed by atoms with Crippen LogP contribution in [0.2, 0.25) is 5.02 Å². The van der Waals surface area contributed by atoms with Crippen LogP contribution in [-0.4, -0.2) is 20.1 Å². The molecule has 0 atom stereocenters. The Balaban J connectivity index is 1.56. The van der Waals surface area contributed by atoms with Crippen molar-refractivity contribution < 1.29 is 22.4 Å². The fourth-order valence-electron chi connectivity index (χ4n) is 2.63. The maximum Gasteiger partial charge on any atom is 0.241 e. The number of anilines is 1. The molecule has 0 fully saturated rings. The number of rotatable bonds is 9. The molecule has 9 heteroatoms. The highest BCUT2D eigenvalue weighted by Gasteiger charge is 2.16. The minimum atomic E-state index is -3.79. The van der Waals surface area contributed by atoms with Crippen molar-refractivity contribution in [3.8, 4) is 0 Å². The van der Waals surface area contributed by atoms with E-state index in [1.807, 2.05) is 0 Å². The number of Topliss-reactive ketones (excluding diaryl/α,β-unsaturated/α-hetero) is 1. The molecule has 0 unspecified atom stereocenters. The van der Waals surface area contributed by atoms with Gasteiger partial charge in [0.1, 0.15) is 5.76 Å². The lowest BCUT2D eigenvalue weighted by atomic mass is 10.1. The minimum absolute atomic E-state index is 0.00379. The normalized spacial score (nSPS) is 11.2. The molecule has 1 heterocycles. The van der Waals surface area contributed by atoms with Gasteiger partial charge < -0.3 is 9.73 Å². The third-order valence-electron chi connectivity index (χ3n) is 4.19. The molecule has 0 spiro atoms. The van der Waals surface area contributed by atoms with Crippen LogP contribution in [0.15, 0.2) is 76.2 Å². The van der Waals surface area contributed by atoms with Crippen molar-refractivity contribution in [2.75, 3.05) is 5.32 Å². The molecule has 0 saturated heterocycles. The van der Waals surface area contributed by atoms with Gasteiger partial charge in [-0.2, -0.15) is 0 Å². The number of hydrogen-bond donors (Lipinski definition) is 2. The average molecular weight is 447 g/mol. The topological polar surface area (TPSA) is 105 Å². The molecule has 0 radical (unpaired) electrons. The van der Waals surface area contributed by atoms with Gasteiger partial charge in [0.25, 0.3) is 0 Å². The molecule has 0 bridgehead atoms. The van der Waals surface area contributed by atoms with Crippen LogP contribution < -0.4 is 10.0 Å². The highest BCUT2D eigenvalue weighted by atomic mass is 35.5. The molecule has 7 nitrogen and oxygen atoms in total. The molecule has 1 aromatic heterocycles. The molecule has 3 rings (SSSR count). The van der Waals surface area contributed by atoms with Crippen molar-refractivity contribution in [2.45, 2.75) is 24.3 Å². The average Bonchev–Trinajstić information content (AvgIpc) is 3.25. The Hall–Kier alpha value is -2.94.